The van der Waals surface area contributed by atoms with Gasteiger partial charge in [0.25, 0.3) is 0 Å². The van der Waals surface area contributed by atoms with Gasteiger partial charge < -0.3 is 4.98 Å². The van der Waals surface area contributed by atoms with Crippen molar-refractivity contribution in [3.8, 4) is 0 Å². The lowest BCUT2D eigenvalue weighted by Gasteiger charge is -1.94. The lowest BCUT2D eigenvalue weighted by molar-refractivity contribution is 1.35. The van der Waals surface area contributed by atoms with Crippen molar-refractivity contribution in [1.82, 2.24) is 9.97 Å². The largest absolute Gasteiger partial charge is 0.360 e. The summed E-state index contributed by atoms with van der Waals surface area (Å²) in [4.78, 5) is 6.93. The highest BCUT2D eigenvalue weighted by atomic mass is 79.9. The molecule has 0 aliphatic heterocycles. The Hall–Kier alpha value is -0.250. The highest BCUT2D eigenvalue weighted by molar-refractivity contribution is 9.10. The number of H-pyrrole nitrogens is 1. The fourth-order valence-electron chi connectivity index (χ4n) is 1.04. The molecule has 2 nitrogen and oxygen atoms in total. The molecule has 62 valence electrons. The van der Waals surface area contributed by atoms with Crippen LogP contribution in [0.25, 0.3) is 10.9 Å². The van der Waals surface area contributed by atoms with Gasteiger partial charge >= 0.3 is 0 Å². The number of rotatable bonds is 0. The Morgan fingerprint density at radius 2 is 2.17 bits per heavy atom. The van der Waals surface area contributed by atoms with E-state index in [2.05, 4.69) is 25.9 Å². The molecule has 2 aromatic heterocycles. The monoisotopic (exact) mass is 264 g/mol. The topological polar surface area (TPSA) is 28.7 Å². The van der Waals surface area contributed by atoms with Crippen molar-refractivity contribution < 1.29 is 0 Å². The molecular formula is C7H3BrCl2N2. The third-order valence-corrected chi connectivity index (χ3v) is 2.63. The number of fused-ring (bicyclic) bond motifs is 1. The molecule has 0 aliphatic carbocycles. The SMILES string of the molecule is Clc1cc2[nH]cc(Br)c2c(Cl)n1. The second kappa shape index (κ2) is 2.91. The quantitative estimate of drug-likeness (QED) is 0.724. The van der Waals surface area contributed by atoms with E-state index in [1.54, 1.807) is 12.3 Å². The number of aromatic nitrogens is 2. The van der Waals surface area contributed by atoms with Crippen LogP contribution in [0.3, 0.4) is 0 Å². The Bertz CT molecular complexity index is 438. The maximum atomic E-state index is 5.86. The zero-order valence-electron chi connectivity index (χ0n) is 5.74. The molecule has 2 aromatic rings. The predicted molar refractivity (Wildman–Crippen MR) is 53.8 cm³/mol. The molecule has 2 heterocycles. The molecule has 12 heavy (non-hydrogen) atoms. The van der Waals surface area contributed by atoms with E-state index in [0.29, 0.717) is 10.3 Å². The van der Waals surface area contributed by atoms with Gasteiger partial charge in [-0.3, -0.25) is 0 Å². The lowest BCUT2D eigenvalue weighted by atomic mass is 10.3. The van der Waals surface area contributed by atoms with Crippen LogP contribution < -0.4 is 0 Å². The Labute approximate surface area is 87.0 Å². The number of pyridine rings is 1. The van der Waals surface area contributed by atoms with E-state index < -0.39 is 0 Å². The van der Waals surface area contributed by atoms with Crippen LogP contribution in [0.1, 0.15) is 0 Å². The van der Waals surface area contributed by atoms with Gasteiger partial charge in [-0.05, 0) is 22.0 Å². The van der Waals surface area contributed by atoms with Gasteiger partial charge in [-0.15, -0.1) is 0 Å². The Morgan fingerprint density at radius 1 is 1.42 bits per heavy atom. The van der Waals surface area contributed by atoms with Crippen LogP contribution in [-0.2, 0) is 0 Å². The maximum absolute atomic E-state index is 5.86. The first-order chi connectivity index (χ1) is 5.68. The third-order valence-electron chi connectivity index (χ3n) is 1.54. The summed E-state index contributed by atoms with van der Waals surface area (Å²) in [7, 11) is 0. The van der Waals surface area contributed by atoms with Crippen LogP contribution in [0.4, 0.5) is 0 Å². The molecule has 0 amide bonds. The summed E-state index contributed by atoms with van der Waals surface area (Å²) in [5, 5.41) is 1.66. The molecule has 0 radical (unpaired) electrons. The number of hydrogen-bond acceptors (Lipinski definition) is 1. The molecule has 0 spiro atoms. The fourth-order valence-corrected chi connectivity index (χ4v) is 2.20. The van der Waals surface area contributed by atoms with Gasteiger partial charge in [-0.2, -0.15) is 0 Å². The number of nitrogens with one attached hydrogen (secondary N) is 1. The Kier molecular flexibility index (Phi) is 2.02. The van der Waals surface area contributed by atoms with Crippen LogP contribution in [-0.4, -0.2) is 9.97 Å². The molecule has 0 saturated carbocycles. The standard InChI is InChI=1S/C7H3BrCl2N2/c8-3-2-11-4-1-5(9)12-7(10)6(3)4/h1-2,11H. The average Bonchev–Trinajstić information content (AvgIpc) is 2.31. The van der Waals surface area contributed by atoms with Crippen LogP contribution in [0.15, 0.2) is 16.7 Å². The maximum Gasteiger partial charge on any atom is 0.141 e. The first-order valence-electron chi connectivity index (χ1n) is 3.17. The summed E-state index contributed by atoms with van der Waals surface area (Å²) >= 11 is 14.9. The van der Waals surface area contributed by atoms with Gasteiger partial charge in [0.1, 0.15) is 10.3 Å². The van der Waals surface area contributed by atoms with Crippen molar-refractivity contribution in [3.05, 3.63) is 27.0 Å². The number of hydrogen-bond donors (Lipinski definition) is 1. The van der Waals surface area contributed by atoms with Crippen molar-refractivity contribution >= 4 is 50.0 Å². The molecular weight excluding hydrogens is 263 g/mol. The molecule has 0 unspecified atom stereocenters. The van der Waals surface area contributed by atoms with Gasteiger partial charge in [0.15, 0.2) is 0 Å². The smallest absolute Gasteiger partial charge is 0.141 e. The molecule has 0 saturated heterocycles. The first kappa shape index (κ1) is 8.35. The molecule has 2 rings (SSSR count). The zero-order chi connectivity index (χ0) is 8.72. The molecule has 0 atom stereocenters. The highest BCUT2D eigenvalue weighted by Crippen LogP contribution is 2.30. The predicted octanol–water partition coefficient (Wildman–Crippen LogP) is 3.63. The molecule has 0 fully saturated rings. The fraction of sp³-hybridized carbons (Fsp3) is 0. The Balaban J connectivity index is 2.93. The van der Waals surface area contributed by atoms with Crippen molar-refractivity contribution in [2.45, 2.75) is 0 Å². The van der Waals surface area contributed by atoms with Crippen LogP contribution in [0.2, 0.25) is 10.3 Å². The van der Waals surface area contributed by atoms with Crippen molar-refractivity contribution in [3.63, 3.8) is 0 Å². The van der Waals surface area contributed by atoms with E-state index in [0.717, 1.165) is 15.4 Å². The molecule has 1 N–H and O–H groups in total. The minimum atomic E-state index is 0.391. The minimum Gasteiger partial charge on any atom is -0.360 e. The lowest BCUT2D eigenvalue weighted by Crippen LogP contribution is -1.78. The van der Waals surface area contributed by atoms with Crippen molar-refractivity contribution in [2.24, 2.45) is 0 Å². The van der Waals surface area contributed by atoms with Crippen LogP contribution in [0.5, 0.6) is 0 Å². The normalized spacial score (nSPS) is 10.9. The second-order valence-electron chi connectivity index (χ2n) is 2.29. The summed E-state index contributed by atoms with van der Waals surface area (Å²) in [6.07, 6.45) is 1.80. The van der Waals surface area contributed by atoms with E-state index in [1.165, 1.54) is 0 Å². The zero-order valence-corrected chi connectivity index (χ0v) is 8.83. The summed E-state index contributed by atoms with van der Waals surface area (Å²) in [5.41, 5.74) is 0.881. The van der Waals surface area contributed by atoms with Gasteiger partial charge in [-0.25, -0.2) is 4.98 Å². The average molecular weight is 266 g/mol. The first-order valence-corrected chi connectivity index (χ1v) is 4.72. The van der Waals surface area contributed by atoms with E-state index in [9.17, 15) is 0 Å². The molecule has 0 bridgehead atoms. The summed E-state index contributed by atoms with van der Waals surface area (Å²) in [5.74, 6) is 0. The third kappa shape index (κ3) is 1.22. The Morgan fingerprint density at radius 3 is 2.92 bits per heavy atom. The van der Waals surface area contributed by atoms with Gasteiger partial charge in [0, 0.05) is 10.7 Å². The minimum absolute atomic E-state index is 0.391. The number of halogens is 3. The molecule has 5 heteroatoms. The van der Waals surface area contributed by atoms with E-state index in [-0.39, 0.29) is 0 Å². The number of aromatic amines is 1. The van der Waals surface area contributed by atoms with E-state index >= 15 is 0 Å². The second-order valence-corrected chi connectivity index (χ2v) is 3.89. The molecule has 0 aromatic carbocycles. The van der Waals surface area contributed by atoms with Crippen LogP contribution >= 0.6 is 39.1 Å². The van der Waals surface area contributed by atoms with Crippen molar-refractivity contribution in [2.75, 3.05) is 0 Å². The summed E-state index contributed by atoms with van der Waals surface area (Å²) < 4.78 is 0.895. The van der Waals surface area contributed by atoms with Gasteiger partial charge in [-0.1, -0.05) is 23.2 Å². The van der Waals surface area contributed by atoms with E-state index in [1.807, 2.05) is 0 Å². The van der Waals surface area contributed by atoms with Gasteiger partial charge in [0.05, 0.1) is 10.9 Å². The van der Waals surface area contributed by atoms with E-state index in [4.69, 9.17) is 23.2 Å². The number of nitrogens with zero attached hydrogens (tertiary/aromatic N) is 1. The summed E-state index contributed by atoms with van der Waals surface area (Å²) in [6.45, 7) is 0. The molecule has 0 aliphatic rings. The highest BCUT2D eigenvalue weighted by Gasteiger charge is 2.07. The van der Waals surface area contributed by atoms with Gasteiger partial charge in [0.2, 0.25) is 0 Å². The van der Waals surface area contributed by atoms with Crippen molar-refractivity contribution in [1.29, 1.82) is 0 Å². The van der Waals surface area contributed by atoms with Crippen LogP contribution in [0, 0.1) is 0 Å². The summed E-state index contributed by atoms with van der Waals surface area (Å²) in [6, 6.07) is 1.73.